The van der Waals surface area contributed by atoms with Gasteiger partial charge in [-0.2, -0.15) is 0 Å². The van der Waals surface area contributed by atoms with Crippen molar-refractivity contribution in [2.75, 3.05) is 17.7 Å². The Labute approximate surface area is 110 Å². The first kappa shape index (κ1) is 15.1. The van der Waals surface area contributed by atoms with Gasteiger partial charge in [-0.25, -0.2) is 13.1 Å². The van der Waals surface area contributed by atoms with Crippen LogP contribution < -0.4 is 10.5 Å². The molecule has 1 rings (SSSR count). The average Bonchev–Trinajstić information content (AvgIpc) is 2.19. The maximum absolute atomic E-state index is 12.1. The van der Waals surface area contributed by atoms with Gasteiger partial charge >= 0.3 is 0 Å². The van der Waals surface area contributed by atoms with Crippen molar-refractivity contribution >= 4 is 26.5 Å². The van der Waals surface area contributed by atoms with E-state index in [2.05, 4.69) is 4.72 Å². The number of sulfonamides is 1. The van der Waals surface area contributed by atoms with E-state index in [-0.39, 0.29) is 16.7 Å². The third kappa shape index (κ3) is 4.08. The van der Waals surface area contributed by atoms with Gasteiger partial charge in [-0.05, 0) is 31.5 Å². The van der Waals surface area contributed by atoms with Crippen molar-refractivity contribution in [1.29, 1.82) is 0 Å². The first-order valence-electron chi connectivity index (χ1n) is 5.41. The second-order valence-corrected chi connectivity index (χ2v) is 7.45. The Morgan fingerprint density at radius 1 is 1.44 bits per heavy atom. The lowest BCUT2D eigenvalue weighted by atomic mass is 10.2. The van der Waals surface area contributed by atoms with Crippen molar-refractivity contribution in [2.24, 2.45) is 0 Å². The molecular weight excluding hydrogens is 272 g/mol. The van der Waals surface area contributed by atoms with Gasteiger partial charge in [-0.1, -0.05) is 6.07 Å². The number of aryl methyl sites for hydroxylation is 1. The minimum Gasteiger partial charge on any atom is -0.399 e. The van der Waals surface area contributed by atoms with Crippen molar-refractivity contribution in [3.05, 3.63) is 23.8 Å². The molecule has 18 heavy (non-hydrogen) atoms. The van der Waals surface area contributed by atoms with E-state index in [1.165, 1.54) is 12.3 Å². The molecule has 0 spiro atoms. The van der Waals surface area contributed by atoms with Gasteiger partial charge in [0.05, 0.1) is 4.90 Å². The van der Waals surface area contributed by atoms with E-state index in [1.54, 1.807) is 26.0 Å². The number of rotatable bonds is 5. The third-order valence-corrected chi connectivity index (χ3v) is 5.04. The van der Waals surface area contributed by atoms with Crippen LogP contribution >= 0.6 is 0 Å². The smallest absolute Gasteiger partial charge is 0.241 e. The largest absolute Gasteiger partial charge is 0.399 e. The number of hydrogen-bond donors (Lipinski definition) is 2. The van der Waals surface area contributed by atoms with Gasteiger partial charge in [0.25, 0.3) is 0 Å². The van der Waals surface area contributed by atoms with Gasteiger partial charge in [0.15, 0.2) is 0 Å². The van der Waals surface area contributed by atoms with Crippen molar-refractivity contribution in [1.82, 2.24) is 4.72 Å². The van der Waals surface area contributed by atoms with E-state index in [4.69, 9.17) is 5.73 Å². The molecule has 1 aromatic rings. The van der Waals surface area contributed by atoms with Crippen molar-refractivity contribution in [2.45, 2.75) is 24.8 Å². The van der Waals surface area contributed by atoms with Gasteiger partial charge < -0.3 is 5.73 Å². The summed E-state index contributed by atoms with van der Waals surface area (Å²) in [5.74, 6) is 0.278. The van der Waals surface area contributed by atoms with Gasteiger partial charge in [-0.3, -0.25) is 4.21 Å². The zero-order valence-corrected chi connectivity index (χ0v) is 12.3. The fraction of sp³-hybridized carbons (Fsp3) is 0.455. The minimum absolute atomic E-state index is 0.163. The second-order valence-electron chi connectivity index (χ2n) is 4.29. The highest BCUT2D eigenvalue weighted by atomic mass is 32.2. The summed E-state index contributed by atoms with van der Waals surface area (Å²) < 4.78 is 37.8. The van der Waals surface area contributed by atoms with Crippen LogP contribution in [-0.4, -0.2) is 30.7 Å². The van der Waals surface area contributed by atoms with Crippen LogP contribution in [0.1, 0.15) is 12.5 Å². The van der Waals surface area contributed by atoms with E-state index < -0.39 is 20.8 Å². The molecule has 0 aliphatic rings. The SMILES string of the molecule is Cc1ccc(N)cc1S(=O)(=O)NC(C)CS(C)=O. The zero-order valence-electron chi connectivity index (χ0n) is 10.6. The zero-order chi connectivity index (χ0) is 13.9. The topological polar surface area (TPSA) is 89.3 Å². The lowest BCUT2D eigenvalue weighted by Gasteiger charge is -2.14. The molecule has 0 amide bonds. The average molecular weight is 290 g/mol. The quantitative estimate of drug-likeness (QED) is 0.778. The summed E-state index contributed by atoms with van der Waals surface area (Å²) in [6, 6.07) is 4.35. The normalized spacial score (nSPS) is 15.3. The molecule has 3 N–H and O–H groups in total. The van der Waals surface area contributed by atoms with Crippen molar-refractivity contribution < 1.29 is 12.6 Å². The number of nitrogens with one attached hydrogen (secondary N) is 1. The number of nitrogen functional groups attached to an aromatic ring is 1. The molecule has 2 atom stereocenters. The summed E-state index contributed by atoms with van der Waals surface area (Å²) >= 11 is 0. The Hall–Kier alpha value is -0.920. The fourth-order valence-electron chi connectivity index (χ4n) is 1.62. The van der Waals surface area contributed by atoms with Crippen LogP contribution in [0.15, 0.2) is 23.1 Å². The van der Waals surface area contributed by atoms with Crippen LogP contribution in [0.25, 0.3) is 0 Å². The molecule has 0 bridgehead atoms. The molecular formula is C11H18N2O3S2. The predicted molar refractivity (Wildman–Crippen MR) is 74.3 cm³/mol. The molecule has 0 radical (unpaired) electrons. The van der Waals surface area contributed by atoms with Crippen LogP contribution in [0.5, 0.6) is 0 Å². The minimum atomic E-state index is -3.62. The molecule has 0 heterocycles. The molecule has 0 saturated heterocycles. The van der Waals surface area contributed by atoms with E-state index in [1.807, 2.05) is 0 Å². The molecule has 5 nitrogen and oxygen atoms in total. The Morgan fingerprint density at radius 2 is 2.06 bits per heavy atom. The van der Waals surface area contributed by atoms with Gasteiger partial charge in [0.1, 0.15) is 0 Å². The third-order valence-electron chi connectivity index (χ3n) is 2.34. The maximum Gasteiger partial charge on any atom is 0.241 e. The number of nitrogens with two attached hydrogens (primary N) is 1. The summed E-state index contributed by atoms with van der Waals surface area (Å²) in [6.07, 6.45) is 1.54. The summed E-state index contributed by atoms with van der Waals surface area (Å²) in [4.78, 5) is 0.163. The Balaban J connectivity index is 2.99. The molecule has 102 valence electrons. The lowest BCUT2D eigenvalue weighted by Crippen LogP contribution is -2.36. The molecule has 1 aromatic carbocycles. The highest BCUT2D eigenvalue weighted by Crippen LogP contribution is 2.18. The Bertz CT molecular complexity index is 555. The van der Waals surface area contributed by atoms with Crippen LogP contribution in [0.2, 0.25) is 0 Å². The molecule has 7 heteroatoms. The first-order chi connectivity index (χ1) is 8.22. The summed E-state index contributed by atoms with van der Waals surface area (Å²) in [7, 11) is -4.67. The van der Waals surface area contributed by atoms with Gasteiger partial charge in [0.2, 0.25) is 10.0 Å². The van der Waals surface area contributed by atoms with E-state index in [9.17, 15) is 12.6 Å². The Morgan fingerprint density at radius 3 is 2.61 bits per heavy atom. The standard InChI is InChI=1S/C11H18N2O3S2/c1-8-4-5-10(12)6-11(8)18(15,16)13-9(2)7-17(3)14/h4-6,9,13H,7,12H2,1-3H3. The molecule has 0 aliphatic carbocycles. The van der Waals surface area contributed by atoms with Gasteiger partial charge in [0, 0.05) is 34.5 Å². The lowest BCUT2D eigenvalue weighted by molar-refractivity contribution is 0.569. The van der Waals surface area contributed by atoms with Crippen LogP contribution in [0.4, 0.5) is 5.69 Å². The van der Waals surface area contributed by atoms with Crippen molar-refractivity contribution in [3.63, 3.8) is 0 Å². The molecule has 2 unspecified atom stereocenters. The summed E-state index contributed by atoms with van der Waals surface area (Å²) in [5.41, 5.74) is 6.62. The number of anilines is 1. The molecule has 0 aliphatic heterocycles. The highest BCUT2D eigenvalue weighted by Gasteiger charge is 2.20. The van der Waals surface area contributed by atoms with Crippen LogP contribution in [0, 0.1) is 6.92 Å². The van der Waals surface area contributed by atoms with Crippen LogP contribution in [0.3, 0.4) is 0 Å². The number of benzene rings is 1. The summed E-state index contributed by atoms with van der Waals surface area (Å²) in [5, 5.41) is 0. The maximum atomic E-state index is 12.1. The summed E-state index contributed by atoms with van der Waals surface area (Å²) in [6.45, 7) is 3.39. The predicted octanol–water partition coefficient (Wildman–Crippen LogP) is 0.623. The molecule has 0 saturated carbocycles. The molecule has 0 fully saturated rings. The van der Waals surface area contributed by atoms with E-state index in [0.717, 1.165) is 0 Å². The van der Waals surface area contributed by atoms with E-state index >= 15 is 0 Å². The van der Waals surface area contributed by atoms with E-state index in [0.29, 0.717) is 11.3 Å². The van der Waals surface area contributed by atoms with Crippen LogP contribution in [-0.2, 0) is 20.8 Å². The second kappa shape index (κ2) is 5.81. The first-order valence-corrected chi connectivity index (χ1v) is 8.62. The highest BCUT2D eigenvalue weighted by molar-refractivity contribution is 7.89. The van der Waals surface area contributed by atoms with Gasteiger partial charge in [-0.15, -0.1) is 0 Å². The fourth-order valence-corrected chi connectivity index (χ4v) is 4.04. The van der Waals surface area contributed by atoms with Crippen molar-refractivity contribution in [3.8, 4) is 0 Å². The molecule has 0 aromatic heterocycles. The Kier molecular flexibility index (Phi) is 4.89. The number of hydrogen-bond acceptors (Lipinski definition) is 4. The monoisotopic (exact) mass is 290 g/mol.